The van der Waals surface area contributed by atoms with Crippen molar-refractivity contribution in [1.29, 1.82) is 0 Å². The Morgan fingerprint density at radius 1 is 1.20 bits per heavy atom. The zero-order valence-electron chi connectivity index (χ0n) is 21.6. The summed E-state index contributed by atoms with van der Waals surface area (Å²) in [6, 6.07) is 6.28. The van der Waals surface area contributed by atoms with Gasteiger partial charge in [-0.15, -0.1) is 0 Å². The van der Waals surface area contributed by atoms with Crippen molar-refractivity contribution in [3.05, 3.63) is 42.2 Å². The van der Waals surface area contributed by atoms with Gasteiger partial charge in [0.25, 0.3) is 0 Å². The fourth-order valence-electron chi connectivity index (χ4n) is 4.71. The highest BCUT2D eigenvalue weighted by Crippen LogP contribution is 2.40. The lowest BCUT2D eigenvalue weighted by atomic mass is 10.00. The number of carbonyl (C=O) groups is 1. The summed E-state index contributed by atoms with van der Waals surface area (Å²) < 4.78 is 87.8. The molecule has 1 aliphatic carbocycles. The van der Waals surface area contributed by atoms with Crippen molar-refractivity contribution in [3.8, 4) is 28.5 Å². The number of methoxy groups -OCH3 is 1. The van der Waals surface area contributed by atoms with Gasteiger partial charge in [0.15, 0.2) is 11.9 Å². The second-order valence-electron chi connectivity index (χ2n) is 9.79. The second-order valence-corrected chi connectivity index (χ2v) is 9.79. The lowest BCUT2D eigenvalue weighted by molar-refractivity contribution is -0.237. The van der Waals surface area contributed by atoms with E-state index in [9.17, 15) is 26.7 Å². The van der Waals surface area contributed by atoms with Crippen molar-refractivity contribution in [2.45, 2.75) is 38.2 Å². The van der Waals surface area contributed by atoms with Crippen LogP contribution in [0.25, 0.3) is 16.9 Å². The molecule has 0 amide bonds. The Labute approximate surface area is 226 Å². The van der Waals surface area contributed by atoms with Gasteiger partial charge in [0.1, 0.15) is 35.1 Å². The number of hydrogen-bond donors (Lipinski definition) is 0. The number of rotatable bonds is 11. The maximum atomic E-state index is 13.3. The minimum Gasteiger partial charge on any atom is -0.496 e. The molecule has 8 nitrogen and oxygen atoms in total. The van der Waals surface area contributed by atoms with Crippen LogP contribution in [-0.4, -0.2) is 78.9 Å². The Kier molecular flexibility index (Phi) is 8.13. The summed E-state index contributed by atoms with van der Waals surface area (Å²) in [7, 11) is 1.36. The number of ketones is 1. The molecule has 40 heavy (non-hydrogen) atoms. The molecule has 1 saturated carbocycles. The van der Waals surface area contributed by atoms with Crippen LogP contribution in [-0.2, 0) is 4.74 Å². The van der Waals surface area contributed by atoms with Crippen molar-refractivity contribution in [2.75, 3.05) is 40.0 Å². The zero-order valence-corrected chi connectivity index (χ0v) is 21.6. The van der Waals surface area contributed by atoms with Gasteiger partial charge in [-0.2, -0.15) is 22.0 Å². The average Bonchev–Trinajstić information content (AvgIpc) is 3.62. The maximum absolute atomic E-state index is 13.3. The number of imidazole rings is 1. The van der Waals surface area contributed by atoms with Crippen molar-refractivity contribution < 1.29 is 45.7 Å². The molecule has 2 aromatic heterocycles. The van der Waals surface area contributed by atoms with Crippen LogP contribution < -0.4 is 14.2 Å². The third-order valence-corrected chi connectivity index (χ3v) is 6.92. The Bertz CT molecular complexity index is 1360. The molecule has 5 rings (SSSR count). The Morgan fingerprint density at radius 3 is 2.67 bits per heavy atom. The molecular weight excluding hydrogens is 541 g/mol. The average molecular weight is 570 g/mol. The number of Topliss-reactive ketones (excluding diaryl/α,β-unsaturated/α-hetero) is 1. The molecule has 13 heteroatoms. The first-order chi connectivity index (χ1) is 19.1. The number of pyridine rings is 1. The number of ether oxygens (including phenoxy) is 4. The minimum absolute atomic E-state index is 0.00248. The molecule has 1 unspecified atom stereocenters. The van der Waals surface area contributed by atoms with Crippen LogP contribution in [0.15, 0.2) is 36.7 Å². The van der Waals surface area contributed by atoms with E-state index in [0.717, 1.165) is 12.8 Å². The molecule has 1 aliphatic heterocycles. The molecule has 3 aromatic rings. The summed E-state index contributed by atoms with van der Waals surface area (Å²) in [5.74, 6) is 0.264. The Morgan fingerprint density at radius 2 is 1.98 bits per heavy atom. The molecule has 2 fully saturated rings. The van der Waals surface area contributed by atoms with E-state index in [1.165, 1.54) is 19.4 Å². The van der Waals surface area contributed by atoms with E-state index in [1.54, 1.807) is 33.7 Å². The van der Waals surface area contributed by atoms with Gasteiger partial charge in [0.2, 0.25) is 0 Å². The van der Waals surface area contributed by atoms with Gasteiger partial charge in [0.05, 0.1) is 25.6 Å². The summed E-state index contributed by atoms with van der Waals surface area (Å²) in [4.78, 5) is 18.9. The van der Waals surface area contributed by atoms with Crippen LogP contribution in [0.3, 0.4) is 0 Å². The van der Waals surface area contributed by atoms with E-state index in [0.29, 0.717) is 35.7 Å². The van der Waals surface area contributed by atoms with Gasteiger partial charge in [0, 0.05) is 43.9 Å². The van der Waals surface area contributed by atoms with Crippen molar-refractivity contribution in [1.82, 2.24) is 14.3 Å². The van der Waals surface area contributed by atoms with Crippen molar-refractivity contribution in [2.24, 2.45) is 5.92 Å². The molecule has 0 radical (unpaired) electrons. The molecule has 216 valence electrons. The van der Waals surface area contributed by atoms with E-state index in [4.69, 9.17) is 18.9 Å². The first-order valence-electron chi connectivity index (χ1n) is 12.8. The van der Waals surface area contributed by atoms with Crippen LogP contribution >= 0.6 is 0 Å². The summed E-state index contributed by atoms with van der Waals surface area (Å²) in [6.45, 7) is -2.55. The normalized spacial score (nSPS) is 18.3. The number of morpholine rings is 1. The molecule has 2 aliphatic rings. The summed E-state index contributed by atoms with van der Waals surface area (Å²) in [5, 5.41) is 0. The topological polar surface area (TPSA) is 74.5 Å². The number of nitrogens with zero attached hydrogens (tertiary/aromatic N) is 3. The summed E-state index contributed by atoms with van der Waals surface area (Å²) in [6.07, 6.45) is -0.915. The molecule has 3 heterocycles. The van der Waals surface area contributed by atoms with Crippen molar-refractivity contribution in [3.63, 3.8) is 0 Å². The molecule has 0 N–H and O–H groups in total. The monoisotopic (exact) mass is 569 g/mol. The van der Waals surface area contributed by atoms with Gasteiger partial charge < -0.3 is 18.9 Å². The molecule has 1 aromatic carbocycles. The lowest BCUT2D eigenvalue weighted by Gasteiger charge is -2.33. The number of carbonyl (C=O) groups excluding carboxylic acids is 1. The zero-order chi connectivity index (χ0) is 28.4. The summed E-state index contributed by atoms with van der Waals surface area (Å²) >= 11 is 0. The van der Waals surface area contributed by atoms with Gasteiger partial charge >= 0.3 is 12.8 Å². The van der Waals surface area contributed by atoms with Crippen molar-refractivity contribution >= 4 is 11.4 Å². The van der Waals surface area contributed by atoms with Crippen LogP contribution in [0.4, 0.5) is 22.0 Å². The third kappa shape index (κ3) is 6.47. The highest BCUT2D eigenvalue weighted by molar-refractivity contribution is 6.02. The third-order valence-electron chi connectivity index (χ3n) is 6.92. The molecule has 1 atom stereocenters. The van der Waals surface area contributed by atoms with Crippen LogP contribution in [0, 0.1) is 5.92 Å². The predicted molar refractivity (Wildman–Crippen MR) is 133 cm³/mol. The smallest absolute Gasteiger partial charge is 0.415 e. The standard InChI is InChI=1S/C27H28F5N3O5/c1-37-21-11-17(12-22(40-26(28)29)25(21)20(36)10-16-2-3-16)19-14-33-24-13-18(4-5-35(19)24)38-8-6-34-7-9-39-23(15-34)27(30,31)32/h4-5,11-14,16,23,26H,2-3,6-10,15H2,1H3. The predicted octanol–water partition coefficient (Wildman–Crippen LogP) is 5.24. The Balaban J connectivity index is 1.32. The largest absolute Gasteiger partial charge is 0.496 e. The van der Waals surface area contributed by atoms with Crippen LogP contribution in [0.2, 0.25) is 0 Å². The molecular formula is C27H28F5N3O5. The number of hydrogen-bond acceptors (Lipinski definition) is 7. The quantitative estimate of drug-likeness (QED) is 0.231. The Hall–Kier alpha value is -3.45. The number of benzene rings is 1. The van der Waals surface area contributed by atoms with Gasteiger partial charge in [-0.05, 0) is 37.0 Å². The number of halogens is 5. The fraction of sp³-hybridized carbons (Fsp3) is 0.481. The van der Waals surface area contributed by atoms with Crippen LogP contribution in [0.5, 0.6) is 17.2 Å². The maximum Gasteiger partial charge on any atom is 0.415 e. The first kappa shape index (κ1) is 28.1. The molecule has 0 spiro atoms. The second kappa shape index (κ2) is 11.6. The van der Waals surface area contributed by atoms with E-state index >= 15 is 0 Å². The molecule has 0 bridgehead atoms. The number of fused-ring (bicyclic) bond motifs is 1. The number of aromatic nitrogens is 2. The van der Waals surface area contributed by atoms with Gasteiger partial charge in [-0.25, -0.2) is 4.98 Å². The fourth-order valence-corrected chi connectivity index (χ4v) is 4.71. The number of alkyl halides is 5. The lowest BCUT2D eigenvalue weighted by Crippen LogP contribution is -2.50. The van der Waals surface area contributed by atoms with Gasteiger partial charge in [-0.3, -0.25) is 14.1 Å². The highest BCUT2D eigenvalue weighted by Gasteiger charge is 2.43. The van der Waals surface area contributed by atoms with E-state index in [1.807, 2.05) is 0 Å². The minimum atomic E-state index is -4.41. The van der Waals surface area contributed by atoms with E-state index in [2.05, 4.69) is 4.98 Å². The van der Waals surface area contributed by atoms with Crippen LogP contribution in [0.1, 0.15) is 29.6 Å². The summed E-state index contributed by atoms with van der Waals surface area (Å²) in [5.41, 5.74) is 1.46. The first-order valence-corrected chi connectivity index (χ1v) is 12.8. The van der Waals surface area contributed by atoms with E-state index < -0.39 is 18.9 Å². The highest BCUT2D eigenvalue weighted by atomic mass is 19.4. The molecule has 1 saturated heterocycles. The SMILES string of the molecule is COc1cc(-c2cnc3cc(OCCN4CCOC(C(F)(F)F)C4)ccn23)cc(OC(F)F)c1C(=O)CC1CC1. The van der Waals surface area contributed by atoms with Gasteiger partial charge in [-0.1, -0.05) is 0 Å². The van der Waals surface area contributed by atoms with E-state index in [-0.39, 0.29) is 54.9 Å².